The Kier molecular flexibility index (Phi) is 9.39. The van der Waals surface area contributed by atoms with E-state index in [1.54, 1.807) is 7.11 Å². The lowest BCUT2D eigenvalue weighted by Crippen LogP contribution is -2.33. The van der Waals surface area contributed by atoms with Crippen LogP contribution in [-0.2, 0) is 9.57 Å². The molecule has 0 fully saturated rings. The smallest absolute Gasteiger partial charge is 0.294 e. The quantitative estimate of drug-likeness (QED) is 0.131. The highest BCUT2D eigenvalue weighted by Gasteiger charge is 2.14. The standard InChI is InChI=1S/C27H31N3O7/c1-33-24-10-4-5-11-25(24)35-14-13-28-17-20(18-34-15-16-37-30(31)32)19-36-26-12-6-9-23-27(26)21-7-2-3-8-22(21)29-23/h2-12,20,28-29H,13-19H2,1H3. The first kappa shape index (κ1) is 26.1. The summed E-state index contributed by atoms with van der Waals surface area (Å²) in [7, 11) is 1.61. The van der Waals surface area contributed by atoms with Gasteiger partial charge in [-0.15, -0.1) is 10.1 Å². The molecule has 37 heavy (non-hydrogen) atoms. The minimum Gasteiger partial charge on any atom is -0.493 e. The first-order chi connectivity index (χ1) is 18.2. The van der Waals surface area contributed by atoms with Gasteiger partial charge in [-0.2, -0.15) is 0 Å². The number of fused-ring (bicyclic) bond motifs is 3. The number of aromatic amines is 1. The lowest BCUT2D eigenvalue weighted by Gasteiger charge is -2.19. The number of aromatic nitrogens is 1. The molecule has 196 valence electrons. The van der Waals surface area contributed by atoms with E-state index in [0.717, 1.165) is 27.6 Å². The third-order valence-corrected chi connectivity index (χ3v) is 5.78. The maximum absolute atomic E-state index is 10.4. The summed E-state index contributed by atoms with van der Waals surface area (Å²) in [5.41, 5.74) is 2.06. The second kappa shape index (κ2) is 13.3. The van der Waals surface area contributed by atoms with Crippen LogP contribution in [0.4, 0.5) is 0 Å². The predicted molar refractivity (Wildman–Crippen MR) is 140 cm³/mol. The van der Waals surface area contributed by atoms with Crippen LogP contribution < -0.4 is 19.5 Å². The fraction of sp³-hybridized carbons (Fsp3) is 0.333. The summed E-state index contributed by atoms with van der Waals surface area (Å²) in [4.78, 5) is 18.1. The zero-order chi connectivity index (χ0) is 25.9. The van der Waals surface area contributed by atoms with Gasteiger partial charge in [-0.3, -0.25) is 0 Å². The van der Waals surface area contributed by atoms with E-state index >= 15 is 0 Å². The van der Waals surface area contributed by atoms with Gasteiger partial charge in [0.1, 0.15) is 19.0 Å². The van der Waals surface area contributed by atoms with Crippen LogP contribution in [0.15, 0.2) is 66.7 Å². The van der Waals surface area contributed by atoms with Crippen LogP contribution in [0.3, 0.4) is 0 Å². The number of para-hydroxylation sites is 3. The maximum atomic E-state index is 10.4. The van der Waals surface area contributed by atoms with Gasteiger partial charge in [0.15, 0.2) is 11.5 Å². The summed E-state index contributed by atoms with van der Waals surface area (Å²) in [5.74, 6) is 2.15. The number of rotatable bonds is 16. The molecule has 0 aliphatic heterocycles. The second-order valence-corrected chi connectivity index (χ2v) is 8.36. The highest BCUT2D eigenvalue weighted by Crippen LogP contribution is 2.33. The number of nitrogens with zero attached hydrogens (tertiary/aromatic N) is 1. The lowest BCUT2D eigenvalue weighted by molar-refractivity contribution is -0.758. The largest absolute Gasteiger partial charge is 0.493 e. The van der Waals surface area contributed by atoms with Crippen molar-refractivity contribution in [2.45, 2.75) is 0 Å². The minimum atomic E-state index is -0.824. The Labute approximate surface area is 214 Å². The molecule has 0 amide bonds. The van der Waals surface area contributed by atoms with Crippen molar-refractivity contribution in [3.8, 4) is 17.2 Å². The van der Waals surface area contributed by atoms with Gasteiger partial charge in [-0.1, -0.05) is 36.4 Å². The number of nitrogens with one attached hydrogen (secondary N) is 2. The normalized spacial score (nSPS) is 11.9. The number of methoxy groups -OCH3 is 1. The molecular formula is C27H31N3O7. The average molecular weight is 510 g/mol. The van der Waals surface area contributed by atoms with E-state index < -0.39 is 5.09 Å². The van der Waals surface area contributed by atoms with E-state index in [4.69, 9.17) is 18.9 Å². The van der Waals surface area contributed by atoms with Crippen molar-refractivity contribution >= 4 is 21.8 Å². The van der Waals surface area contributed by atoms with E-state index in [9.17, 15) is 10.1 Å². The molecule has 1 heterocycles. The third kappa shape index (κ3) is 7.25. The van der Waals surface area contributed by atoms with E-state index in [-0.39, 0.29) is 19.1 Å². The summed E-state index contributed by atoms with van der Waals surface area (Å²) >= 11 is 0. The van der Waals surface area contributed by atoms with Gasteiger partial charge in [0, 0.05) is 35.3 Å². The summed E-state index contributed by atoms with van der Waals surface area (Å²) in [6.07, 6.45) is 0. The number of ether oxygens (including phenoxy) is 4. The molecule has 10 nitrogen and oxygen atoms in total. The van der Waals surface area contributed by atoms with Crippen molar-refractivity contribution in [3.63, 3.8) is 0 Å². The number of benzene rings is 3. The second-order valence-electron chi connectivity index (χ2n) is 8.36. The molecule has 0 aliphatic rings. The lowest BCUT2D eigenvalue weighted by atomic mass is 10.1. The van der Waals surface area contributed by atoms with Gasteiger partial charge in [0.25, 0.3) is 5.09 Å². The first-order valence-corrected chi connectivity index (χ1v) is 12.1. The topological polar surface area (TPSA) is 117 Å². The van der Waals surface area contributed by atoms with Crippen molar-refractivity contribution in [2.24, 2.45) is 5.92 Å². The molecule has 4 rings (SSSR count). The van der Waals surface area contributed by atoms with Crippen LogP contribution in [0, 0.1) is 16.0 Å². The molecule has 10 heteroatoms. The van der Waals surface area contributed by atoms with E-state index in [0.29, 0.717) is 44.4 Å². The van der Waals surface area contributed by atoms with Crippen LogP contribution in [-0.4, -0.2) is 63.3 Å². The summed E-state index contributed by atoms with van der Waals surface area (Å²) < 4.78 is 23.0. The highest BCUT2D eigenvalue weighted by atomic mass is 17.0. The third-order valence-electron chi connectivity index (χ3n) is 5.78. The van der Waals surface area contributed by atoms with Crippen molar-refractivity contribution in [2.75, 3.05) is 53.2 Å². The molecule has 0 spiro atoms. The van der Waals surface area contributed by atoms with Crippen molar-refractivity contribution in [3.05, 3.63) is 76.8 Å². The van der Waals surface area contributed by atoms with Crippen LogP contribution in [0.5, 0.6) is 17.2 Å². The fourth-order valence-electron chi connectivity index (χ4n) is 4.06. The van der Waals surface area contributed by atoms with Crippen molar-refractivity contribution < 1.29 is 28.9 Å². The Balaban J connectivity index is 1.33. The number of hydrogen-bond acceptors (Lipinski definition) is 8. The van der Waals surface area contributed by atoms with Crippen LogP contribution in [0.2, 0.25) is 0 Å². The Morgan fingerprint density at radius 2 is 1.62 bits per heavy atom. The van der Waals surface area contributed by atoms with Gasteiger partial charge in [-0.25, -0.2) is 0 Å². The van der Waals surface area contributed by atoms with E-state index in [1.807, 2.05) is 60.7 Å². The van der Waals surface area contributed by atoms with E-state index in [1.165, 1.54) is 0 Å². The van der Waals surface area contributed by atoms with Crippen LogP contribution >= 0.6 is 0 Å². The Morgan fingerprint density at radius 1 is 0.865 bits per heavy atom. The molecule has 1 atom stereocenters. The Hall–Kier alpha value is -4.02. The number of hydrogen-bond donors (Lipinski definition) is 2. The number of H-pyrrole nitrogens is 1. The summed E-state index contributed by atoms with van der Waals surface area (Å²) in [6.45, 7) is 2.43. The molecular weight excluding hydrogens is 478 g/mol. The minimum absolute atomic E-state index is 0.0117. The van der Waals surface area contributed by atoms with Gasteiger partial charge in [-0.05, 0) is 30.3 Å². The van der Waals surface area contributed by atoms with Gasteiger partial charge >= 0.3 is 0 Å². The zero-order valence-electron chi connectivity index (χ0n) is 20.7. The molecule has 0 radical (unpaired) electrons. The molecule has 0 saturated heterocycles. The van der Waals surface area contributed by atoms with Gasteiger partial charge < -0.3 is 34.1 Å². The molecule has 1 aromatic heterocycles. The molecule has 0 saturated carbocycles. The van der Waals surface area contributed by atoms with E-state index in [2.05, 4.69) is 21.2 Å². The predicted octanol–water partition coefficient (Wildman–Crippen LogP) is 4.22. The zero-order valence-corrected chi connectivity index (χ0v) is 20.7. The summed E-state index contributed by atoms with van der Waals surface area (Å²) in [5, 5.41) is 15.0. The van der Waals surface area contributed by atoms with Crippen LogP contribution in [0.25, 0.3) is 21.8 Å². The first-order valence-electron chi connectivity index (χ1n) is 12.1. The molecule has 0 aliphatic carbocycles. The summed E-state index contributed by atoms with van der Waals surface area (Å²) in [6, 6.07) is 21.6. The van der Waals surface area contributed by atoms with Crippen molar-refractivity contribution in [1.29, 1.82) is 0 Å². The monoisotopic (exact) mass is 509 g/mol. The molecule has 2 N–H and O–H groups in total. The molecule has 4 aromatic rings. The molecule has 3 aromatic carbocycles. The average Bonchev–Trinajstić information content (AvgIpc) is 3.30. The molecule has 0 bridgehead atoms. The highest BCUT2D eigenvalue weighted by molar-refractivity contribution is 6.10. The Bertz CT molecular complexity index is 1290. The SMILES string of the molecule is COc1ccccc1OCCNCC(COCCO[N+](=O)[O-])COc1cccc2[nH]c3ccccc3c12. The van der Waals surface area contributed by atoms with Gasteiger partial charge in [0.05, 0.1) is 32.4 Å². The van der Waals surface area contributed by atoms with Gasteiger partial charge in [0.2, 0.25) is 0 Å². The van der Waals surface area contributed by atoms with Crippen LogP contribution in [0.1, 0.15) is 0 Å². The molecule has 1 unspecified atom stereocenters. The van der Waals surface area contributed by atoms with Crippen molar-refractivity contribution in [1.82, 2.24) is 10.3 Å². The fourth-order valence-corrected chi connectivity index (χ4v) is 4.06. The Morgan fingerprint density at radius 3 is 2.46 bits per heavy atom. The maximum Gasteiger partial charge on any atom is 0.294 e.